The van der Waals surface area contributed by atoms with Crippen LogP contribution in [0.25, 0.3) is 0 Å². The quantitative estimate of drug-likeness (QED) is 0.818. The fourth-order valence-electron chi connectivity index (χ4n) is 3.06. The van der Waals surface area contributed by atoms with Gasteiger partial charge in [-0.25, -0.2) is 0 Å². The number of hydrogen-bond acceptors (Lipinski definition) is 2. The van der Waals surface area contributed by atoms with Gasteiger partial charge in [-0.1, -0.05) is 33.8 Å². The predicted octanol–water partition coefficient (Wildman–Crippen LogP) is 4.79. The number of carbonyl (C=O) groups is 1. The number of benzene rings is 1. The molecule has 0 fully saturated rings. The second kappa shape index (κ2) is 7.37. The Labute approximate surface area is 141 Å². The maximum absolute atomic E-state index is 12.6. The normalized spacial score (nSPS) is 13.6. The Kier molecular flexibility index (Phi) is 6.26. The maximum atomic E-state index is 12.6. The van der Waals surface area contributed by atoms with Crippen LogP contribution in [0.1, 0.15) is 65.5 Å². The minimum Gasteiger partial charge on any atom is -0.481 e. The Hall–Kier alpha value is -1.51. The highest BCUT2D eigenvalue weighted by Gasteiger charge is 2.30. The summed E-state index contributed by atoms with van der Waals surface area (Å²) >= 11 is 0. The molecule has 1 rings (SSSR count). The topological polar surface area (TPSA) is 38.3 Å². The molecule has 3 nitrogen and oxygen atoms in total. The first-order valence-corrected chi connectivity index (χ1v) is 8.49. The summed E-state index contributed by atoms with van der Waals surface area (Å²) in [6, 6.07) is 5.95. The first-order valence-electron chi connectivity index (χ1n) is 8.49. The van der Waals surface area contributed by atoms with Crippen molar-refractivity contribution in [3.05, 3.63) is 29.3 Å². The van der Waals surface area contributed by atoms with E-state index in [1.54, 1.807) is 0 Å². The highest BCUT2D eigenvalue weighted by atomic mass is 16.5. The van der Waals surface area contributed by atoms with Crippen molar-refractivity contribution in [2.45, 2.75) is 79.9 Å². The van der Waals surface area contributed by atoms with Crippen LogP contribution in [0.5, 0.6) is 5.75 Å². The third-order valence-electron chi connectivity index (χ3n) is 3.85. The second-order valence-electron chi connectivity index (χ2n) is 8.37. The fourth-order valence-corrected chi connectivity index (χ4v) is 3.06. The van der Waals surface area contributed by atoms with Gasteiger partial charge < -0.3 is 10.1 Å². The average Bonchev–Trinajstić information content (AvgIpc) is 2.36. The SMILES string of the molecule is CC[C@H](Oc1ccc(C)c(C)c1)C(=O)NC(C)(C)CC(C)(C)C. The maximum Gasteiger partial charge on any atom is 0.261 e. The smallest absolute Gasteiger partial charge is 0.261 e. The number of hydrogen-bond donors (Lipinski definition) is 1. The Balaban J connectivity index is 2.76. The van der Waals surface area contributed by atoms with Gasteiger partial charge in [0.15, 0.2) is 6.10 Å². The van der Waals surface area contributed by atoms with Crippen LogP contribution in [0.15, 0.2) is 18.2 Å². The summed E-state index contributed by atoms with van der Waals surface area (Å²) in [4.78, 5) is 12.6. The Morgan fingerprint density at radius 1 is 1.13 bits per heavy atom. The van der Waals surface area contributed by atoms with Gasteiger partial charge in [0, 0.05) is 5.54 Å². The van der Waals surface area contributed by atoms with E-state index in [2.05, 4.69) is 53.8 Å². The molecule has 0 saturated heterocycles. The molecule has 130 valence electrons. The summed E-state index contributed by atoms with van der Waals surface area (Å²) in [5, 5.41) is 3.15. The highest BCUT2D eigenvalue weighted by Crippen LogP contribution is 2.27. The zero-order chi connectivity index (χ0) is 17.8. The molecule has 0 heterocycles. The van der Waals surface area contributed by atoms with Gasteiger partial charge in [0.1, 0.15) is 5.75 Å². The van der Waals surface area contributed by atoms with E-state index in [0.717, 1.165) is 12.2 Å². The summed E-state index contributed by atoms with van der Waals surface area (Å²) in [6.45, 7) is 16.8. The predicted molar refractivity (Wildman–Crippen MR) is 96.9 cm³/mol. The molecule has 1 amide bonds. The number of amides is 1. The third-order valence-corrected chi connectivity index (χ3v) is 3.85. The molecule has 1 aromatic carbocycles. The van der Waals surface area contributed by atoms with Crippen molar-refractivity contribution in [2.75, 3.05) is 0 Å². The van der Waals surface area contributed by atoms with Crippen molar-refractivity contribution in [1.82, 2.24) is 5.32 Å². The van der Waals surface area contributed by atoms with Crippen molar-refractivity contribution in [3.63, 3.8) is 0 Å². The van der Waals surface area contributed by atoms with Crippen LogP contribution in [-0.2, 0) is 4.79 Å². The van der Waals surface area contributed by atoms with Crippen LogP contribution in [0.3, 0.4) is 0 Å². The van der Waals surface area contributed by atoms with Gasteiger partial charge in [-0.3, -0.25) is 4.79 Å². The summed E-state index contributed by atoms with van der Waals surface area (Å²) in [6.07, 6.45) is 1.09. The molecule has 1 N–H and O–H groups in total. The van der Waals surface area contributed by atoms with E-state index < -0.39 is 6.10 Å². The molecule has 0 radical (unpaired) electrons. The van der Waals surface area contributed by atoms with Gasteiger partial charge in [0.05, 0.1) is 0 Å². The van der Waals surface area contributed by atoms with E-state index in [1.165, 1.54) is 11.1 Å². The van der Waals surface area contributed by atoms with E-state index in [-0.39, 0.29) is 16.9 Å². The zero-order valence-corrected chi connectivity index (χ0v) is 16.0. The molecule has 0 saturated carbocycles. The van der Waals surface area contributed by atoms with Crippen LogP contribution in [0.4, 0.5) is 0 Å². The molecule has 1 aromatic rings. The largest absolute Gasteiger partial charge is 0.481 e. The fraction of sp³-hybridized carbons (Fsp3) is 0.650. The van der Waals surface area contributed by atoms with Crippen LogP contribution < -0.4 is 10.1 Å². The van der Waals surface area contributed by atoms with E-state index in [1.807, 2.05) is 25.1 Å². The van der Waals surface area contributed by atoms with Gasteiger partial charge in [-0.2, -0.15) is 0 Å². The molecular formula is C20H33NO2. The monoisotopic (exact) mass is 319 g/mol. The molecule has 0 bridgehead atoms. The van der Waals surface area contributed by atoms with Crippen molar-refractivity contribution in [3.8, 4) is 5.75 Å². The lowest BCUT2D eigenvalue weighted by Gasteiger charge is -2.34. The first-order chi connectivity index (χ1) is 10.4. The van der Waals surface area contributed by atoms with E-state index in [0.29, 0.717) is 6.42 Å². The average molecular weight is 319 g/mol. The molecule has 3 heteroatoms. The summed E-state index contributed by atoms with van der Waals surface area (Å²) < 4.78 is 5.93. The van der Waals surface area contributed by atoms with Crippen molar-refractivity contribution in [2.24, 2.45) is 5.41 Å². The molecule has 0 unspecified atom stereocenters. The van der Waals surface area contributed by atoms with Crippen molar-refractivity contribution >= 4 is 5.91 Å². The van der Waals surface area contributed by atoms with E-state index in [9.17, 15) is 4.79 Å². The number of rotatable bonds is 6. The molecule has 0 aromatic heterocycles. The Bertz CT molecular complexity index is 541. The number of nitrogens with one attached hydrogen (secondary N) is 1. The molecule has 1 atom stereocenters. The first kappa shape index (κ1) is 19.5. The van der Waals surface area contributed by atoms with Gasteiger partial charge in [-0.05, 0) is 69.2 Å². The highest BCUT2D eigenvalue weighted by molar-refractivity contribution is 5.81. The summed E-state index contributed by atoms with van der Waals surface area (Å²) in [7, 11) is 0. The number of carbonyl (C=O) groups excluding carboxylic acids is 1. The minimum absolute atomic E-state index is 0.0417. The van der Waals surface area contributed by atoms with Crippen LogP contribution in [0.2, 0.25) is 0 Å². The van der Waals surface area contributed by atoms with Crippen LogP contribution in [-0.4, -0.2) is 17.6 Å². The lowest BCUT2D eigenvalue weighted by Crippen LogP contribution is -2.50. The lowest BCUT2D eigenvalue weighted by molar-refractivity contribution is -0.130. The van der Waals surface area contributed by atoms with Gasteiger partial charge >= 0.3 is 0 Å². The zero-order valence-electron chi connectivity index (χ0n) is 16.0. The van der Waals surface area contributed by atoms with Gasteiger partial charge in [0.25, 0.3) is 5.91 Å². The molecule has 0 aliphatic heterocycles. The summed E-state index contributed by atoms with van der Waals surface area (Å²) in [5.74, 6) is 0.712. The standard InChI is InChI=1S/C20H33NO2/c1-9-17(23-16-11-10-14(2)15(3)12-16)18(22)21-20(7,8)13-19(4,5)6/h10-12,17H,9,13H2,1-8H3,(H,21,22)/t17-/m0/s1. The molecule has 0 spiro atoms. The van der Waals surface area contributed by atoms with Gasteiger partial charge in [-0.15, -0.1) is 0 Å². The van der Waals surface area contributed by atoms with Crippen LogP contribution in [0, 0.1) is 19.3 Å². The van der Waals surface area contributed by atoms with E-state index in [4.69, 9.17) is 4.74 Å². The Morgan fingerprint density at radius 3 is 2.22 bits per heavy atom. The van der Waals surface area contributed by atoms with Crippen LogP contribution >= 0.6 is 0 Å². The molecular weight excluding hydrogens is 286 g/mol. The third kappa shape index (κ3) is 6.64. The van der Waals surface area contributed by atoms with Crippen molar-refractivity contribution < 1.29 is 9.53 Å². The van der Waals surface area contributed by atoms with Crippen molar-refractivity contribution in [1.29, 1.82) is 0 Å². The molecule has 0 aliphatic rings. The second-order valence-corrected chi connectivity index (χ2v) is 8.37. The number of ether oxygens (including phenoxy) is 1. The van der Waals surface area contributed by atoms with E-state index >= 15 is 0 Å². The minimum atomic E-state index is -0.462. The lowest BCUT2D eigenvalue weighted by atomic mass is 9.81. The molecule has 0 aliphatic carbocycles. The Morgan fingerprint density at radius 2 is 1.74 bits per heavy atom. The number of aryl methyl sites for hydroxylation is 2. The summed E-state index contributed by atoms with van der Waals surface area (Å²) in [5.41, 5.74) is 2.30. The molecule has 23 heavy (non-hydrogen) atoms. The van der Waals surface area contributed by atoms with Gasteiger partial charge in [0.2, 0.25) is 0 Å².